The highest BCUT2D eigenvalue weighted by Gasteiger charge is 2.19. The van der Waals surface area contributed by atoms with Gasteiger partial charge in [0.1, 0.15) is 13.2 Å². The second kappa shape index (κ2) is 58.6. The summed E-state index contributed by atoms with van der Waals surface area (Å²) in [7, 11) is 0. The molecule has 0 N–H and O–H groups in total. The molecule has 0 spiro atoms. The maximum absolute atomic E-state index is 12.9. The third-order valence-corrected chi connectivity index (χ3v) is 12.4. The second-order valence-electron chi connectivity index (χ2n) is 19.3. The van der Waals surface area contributed by atoms with E-state index in [4.69, 9.17) is 14.2 Å². The normalized spacial score (nSPS) is 12.9. The average molecular weight is 986 g/mol. The van der Waals surface area contributed by atoms with Crippen molar-refractivity contribution in [2.24, 2.45) is 0 Å². The summed E-state index contributed by atoms with van der Waals surface area (Å²) in [6.07, 6.45) is 79.5. The Balaban J connectivity index is 4.51. The van der Waals surface area contributed by atoms with Crippen LogP contribution in [-0.4, -0.2) is 37.2 Å². The highest BCUT2D eigenvalue weighted by molar-refractivity contribution is 5.71. The molecule has 404 valence electrons. The van der Waals surface area contributed by atoms with Crippen LogP contribution in [0.25, 0.3) is 0 Å². The summed E-state index contributed by atoms with van der Waals surface area (Å²) in [5, 5.41) is 0. The smallest absolute Gasteiger partial charge is 0.306 e. The lowest BCUT2D eigenvalue weighted by Gasteiger charge is -2.18. The van der Waals surface area contributed by atoms with Crippen molar-refractivity contribution in [2.45, 2.75) is 271 Å². The van der Waals surface area contributed by atoms with Crippen LogP contribution in [0.15, 0.2) is 109 Å². The second-order valence-corrected chi connectivity index (χ2v) is 19.3. The number of hydrogen-bond donors (Lipinski definition) is 0. The summed E-state index contributed by atoms with van der Waals surface area (Å²) < 4.78 is 16.8. The first-order valence-corrected chi connectivity index (χ1v) is 29.4. The molecule has 0 aromatic rings. The van der Waals surface area contributed by atoms with Crippen LogP contribution in [0.3, 0.4) is 0 Å². The predicted octanol–water partition coefficient (Wildman–Crippen LogP) is 19.9. The van der Waals surface area contributed by atoms with Crippen molar-refractivity contribution < 1.29 is 28.6 Å². The highest BCUT2D eigenvalue weighted by Crippen LogP contribution is 2.16. The molecule has 0 saturated carbocycles. The number of esters is 3. The van der Waals surface area contributed by atoms with Gasteiger partial charge in [0.05, 0.1) is 0 Å². The Bertz CT molecular complexity index is 1460. The van der Waals surface area contributed by atoms with Gasteiger partial charge in [0, 0.05) is 19.3 Å². The molecule has 1 unspecified atom stereocenters. The summed E-state index contributed by atoms with van der Waals surface area (Å²) in [4.78, 5) is 38.2. The van der Waals surface area contributed by atoms with Crippen LogP contribution < -0.4 is 0 Å². The Hall–Kier alpha value is -3.93. The molecule has 0 heterocycles. The zero-order chi connectivity index (χ0) is 51.4. The number of carbonyl (C=O) groups excluding carboxylic acids is 3. The van der Waals surface area contributed by atoms with Crippen LogP contribution in [0.1, 0.15) is 265 Å². The quantitative estimate of drug-likeness (QED) is 0.0199. The molecular weight excluding hydrogens is 877 g/mol. The van der Waals surface area contributed by atoms with E-state index in [-0.39, 0.29) is 44.0 Å². The van der Waals surface area contributed by atoms with E-state index < -0.39 is 6.10 Å². The molecule has 0 saturated heterocycles. The van der Waals surface area contributed by atoms with Crippen molar-refractivity contribution in [1.29, 1.82) is 0 Å². The molecule has 0 aliphatic heterocycles. The molecule has 71 heavy (non-hydrogen) atoms. The Morgan fingerprint density at radius 3 is 1.07 bits per heavy atom. The summed E-state index contributed by atoms with van der Waals surface area (Å²) in [6.45, 7) is 6.42. The lowest BCUT2D eigenvalue weighted by molar-refractivity contribution is -0.166. The molecule has 0 aromatic carbocycles. The van der Waals surface area contributed by atoms with Crippen molar-refractivity contribution in [3.63, 3.8) is 0 Å². The standard InChI is InChI=1S/C65H108O6/c1-4-7-10-13-16-19-22-25-28-31-33-35-37-40-43-46-49-52-55-58-64(67)70-61-62(60-69-63(66)57-54-51-48-45-42-39-36-30-27-24-21-18-15-12-9-6-3)71-65(68)59-56-53-50-47-44-41-38-34-32-29-26-23-20-17-14-11-8-5-2/h9,12,17-18,20-21,23,26-27,29-30,32,34,38-39,42,48,51,62H,4-8,10-11,13-16,19,22,24-25,28,31,33,35-37,40-41,43-47,49-50,52-61H2,1-3H3/b12-9-,20-17-,21-18-,26-23-,30-27-,32-29-,38-34-,42-39-,51-48-. The van der Waals surface area contributed by atoms with Crippen molar-refractivity contribution in [2.75, 3.05) is 13.2 Å². The molecule has 0 fully saturated rings. The molecule has 0 aromatic heterocycles. The Kier molecular flexibility index (Phi) is 55.4. The van der Waals surface area contributed by atoms with Crippen molar-refractivity contribution in [3.8, 4) is 0 Å². The number of ether oxygens (including phenoxy) is 3. The van der Waals surface area contributed by atoms with Crippen LogP contribution in [0.5, 0.6) is 0 Å². The first kappa shape index (κ1) is 67.1. The molecule has 0 rings (SSSR count). The van der Waals surface area contributed by atoms with Gasteiger partial charge in [0.2, 0.25) is 0 Å². The van der Waals surface area contributed by atoms with Gasteiger partial charge in [0.25, 0.3) is 0 Å². The van der Waals surface area contributed by atoms with Gasteiger partial charge in [-0.2, -0.15) is 0 Å². The van der Waals surface area contributed by atoms with E-state index in [1.54, 1.807) is 0 Å². The van der Waals surface area contributed by atoms with E-state index in [0.717, 1.165) is 96.3 Å². The van der Waals surface area contributed by atoms with E-state index in [0.29, 0.717) is 12.8 Å². The van der Waals surface area contributed by atoms with Crippen LogP contribution in [0.2, 0.25) is 0 Å². The third kappa shape index (κ3) is 56.9. The van der Waals surface area contributed by atoms with Crippen molar-refractivity contribution >= 4 is 17.9 Å². The van der Waals surface area contributed by atoms with Gasteiger partial charge in [-0.05, 0) is 77.0 Å². The largest absolute Gasteiger partial charge is 0.462 e. The van der Waals surface area contributed by atoms with Crippen LogP contribution in [0.4, 0.5) is 0 Å². The van der Waals surface area contributed by atoms with Crippen molar-refractivity contribution in [1.82, 2.24) is 0 Å². The Morgan fingerprint density at radius 2 is 0.634 bits per heavy atom. The highest BCUT2D eigenvalue weighted by atomic mass is 16.6. The molecule has 0 aliphatic carbocycles. The number of rotatable bonds is 52. The number of unbranched alkanes of at least 4 members (excludes halogenated alkanes) is 26. The van der Waals surface area contributed by atoms with E-state index >= 15 is 0 Å². The molecule has 0 aliphatic rings. The van der Waals surface area contributed by atoms with Gasteiger partial charge in [-0.15, -0.1) is 0 Å². The van der Waals surface area contributed by atoms with Gasteiger partial charge in [0.15, 0.2) is 6.10 Å². The van der Waals surface area contributed by atoms with Crippen LogP contribution >= 0.6 is 0 Å². The van der Waals surface area contributed by atoms with Crippen LogP contribution in [0, 0.1) is 0 Å². The minimum atomic E-state index is -0.822. The average Bonchev–Trinajstić information content (AvgIpc) is 3.37. The molecular formula is C65H108O6. The maximum atomic E-state index is 12.9. The topological polar surface area (TPSA) is 78.9 Å². The maximum Gasteiger partial charge on any atom is 0.306 e. The molecule has 0 amide bonds. The summed E-state index contributed by atoms with van der Waals surface area (Å²) in [5.41, 5.74) is 0. The van der Waals surface area contributed by atoms with E-state index in [1.807, 2.05) is 6.08 Å². The van der Waals surface area contributed by atoms with Gasteiger partial charge in [-0.1, -0.05) is 278 Å². The fourth-order valence-corrected chi connectivity index (χ4v) is 7.97. The first-order chi connectivity index (χ1) is 35.0. The molecule has 1 atom stereocenters. The van der Waals surface area contributed by atoms with Gasteiger partial charge in [-0.25, -0.2) is 0 Å². The lowest BCUT2D eigenvalue weighted by Crippen LogP contribution is -2.30. The predicted molar refractivity (Wildman–Crippen MR) is 307 cm³/mol. The Morgan fingerprint density at radius 1 is 0.310 bits per heavy atom. The van der Waals surface area contributed by atoms with Gasteiger partial charge >= 0.3 is 17.9 Å². The third-order valence-electron chi connectivity index (χ3n) is 12.4. The summed E-state index contributed by atoms with van der Waals surface area (Å²) in [6, 6.07) is 0. The monoisotopic (exact) mass is 985 g/mol. The lowest BCUT2D eigenvalue weighted by atomic mass is 10.0. The van der Waals surface area contributed by atoms with Gasteiger partial charge < -0.3 is 14.2 Å². The molecule has 6 nitrogen and oxygen atoms in total. The SMILES string of the molecule is CC/C=C\C/C=C\C/C=C\C/C=C\C/C=C\CCC(=O)OCC(COC(=O)CCCCCCCCCCCCCCCCCCCCC)OC(=O)CCCCCCC\C=C/C=C\C=C/C=C\CCCCC. The van der Waals surface area contributed by atoms with Crippen molar-refractivity contribution in [3.05, 3.63) is 109 Å². The number of hydrogen-bond acceptors (Lipinski definition) is 6. The minimum absolute atomic E-state index is 0.110. The van der Waals surface area contributed by atoms with E-state index in [2.05, 4.69) is 124 Å². The van der Waals surface area contributed by atoms with Gasteiger partial charge in [-0.3, -0.25) is 14.4 Å². The summed E-state index contributed by atoms with van der Waals surface area (Å²) >= 11 is 0. The van der Waals surface area contributed by atoms with E-state index in [1.165, 1.54) is 122 Å². The molecule has 6 heteroatoms. The fraction of sp³-hybridized carbons (Fsp3) is 0.677. The number of carbonyl (C=O) groups is 3. The fourth-order valence-electron chi connectivity index (χ4n) is 7.97. The summed E-state index contributed by atoms with van der Waals surface area (Å²) in [5.74, 6) is -1.02. The van der Waals surface area contributed by atoms with Crippen LogP contribution in [-0.2, 0) is 28.6 Å². The number of allylic oxidation sites excluding steroid dienone is 18. The zero-order valence-electron chi connectivity index (χ0n) is 46.2. The Labute approximate surface area is 438 Å². The molecule has 0 bridgehead atoms. The zero-order valence-corrected chi connectivity index (χ0v) is 46.2. The molecule has 0 radical (unpaired) electrons. The first-order valence-electron chi connectivity index (χ1n) is 29.4. The van der Waals surface area contributed by atoms with E-state index in [9.17, 15) is 14.4 Å². The minimum Gasteiger partial charge on any atom is -0.462 e.